The van der Waals surface area contributed by atoms with Crippen molar-refractivity contribution in [3.63, 3.8) is 0 Å². The Bertz CT molecular complexity index is 323. The summed E-state index contributed by atoms with van der Waals surface area (Å²) in [6.45, 7) is 1.78. The molecule has 0 fully saturated rings. The van der Waals surface area contributed by atoms with Crippen LogP contribution in [0.2, 0.25) is 0 Å². The van der Waals surface area contributed by atoms with E-state index in [0.717, 1.165) is 0 Å². The van der Waals surface area contributed by atoms with E-state index in [0.29, 0.717) is 0 Å². The van der Waals surface area contributed by atoms with Gasteiger partial charge in [0.25, 0.3) is 0 Å². The van der Waals surface area contributed by atoms with E-state index in [9.17, 15) is 9.59 Å². The molecule has 0 spiro atoms. The highest BCUT2D eigenvalue weighted by Gasteiger charge is 2.13. The first-order valence-corrected chi connectivity index (χ1v) is 4.04. The molecule has 0 atom stereocenters. The van der Waals surface area contributed by atoms with Gasteiger partial charge in [-0.2, -0.15) is 0 Å². The molecule has 0 radical (unpaired) electrons. The molecule has 0 aliphatic rings. The lowest BCUT2D eigenvalue weighted by molar-refractivity contribution is 0.0396. The van der Waals surface area contributed by atoms with E-state index < -0.39 is 12.1 Å². The average molecular weight is 195 g/mol. The molecule has 5 nitrogen and oxygen atoms in total. The third kappa shape index (κ3) is 2.85. The SMILES string of the molecule is CCOC(=O)OC(=O)c1ccccn1. The summed E-state index contributed by atoms with van der Waals surface area (Å²) >= 11 is 0. The van der Waals surface area contributed by atoms with Crippen LogP contribution < -0.4 is 0 Å². The van der Waals surface area contributed by atoms with E-state index in [1.165, 1.54) is 12.3 Å². The van der Waals surface area contributed by atoms with Crippen molar-refractivity contribution in [2.45, 2.75) is 6.92 Å². The average Bonchev–Trinajstić information content (AvgIpc) is 2.19. The quantitative estimate of drug-likeness (QED) is 0.527. The number of rotatable bonds is 2. The van der Waals surface area contributed by atoms with Crippen LogP contribution in [0.15, 0.2) is 24.4 Å². The summed E-state index contributed by atoms with van der Waals surface area (Å²) in [5, 5.41) is 0. The van der Waals surface area contributed by atoms with Crippen molar-refractivity contribution < 1.29 is 19.1 Å². The van der Waals surface area contributed by atoms with Crippen molar-refractivity contribution in [1.82, 2.24) is 4.98 Å². The Morgan fingerprint density at radius 3 is 2.79 bits per heavy atom. The zero-order chi connectivity index (χ0) is 10.4. The van der Waals surface area contributed by atoms with Gasteiger partial charge in [0.15, 0.2) is 0 Å². The van der Waals surface area contributed by atoms with Crippen LogP contribution in [0.25, 0.3) is 0 Å². The molecule has 0 saturated carbocycles. The van der Waals surface area contributed by atoms with Crippen molar-refractivity contribution in [3.8, 4) is 0 Å². The Morgan fingerprint density at radius 1 is 1.43 bits per heavy atom. The monoisotopic (exact) mass is 195 g/mol. The van der Waals surface area contributed by atoms with Gasteiger partial charge in [-0.05, 0) is 19.1 Å². The highest BCUT2D eigenvalue weighted by atomic mass is 16.7. The highest BCUT2D eigenvalue weighted by molar-refractivity contribution is 5.93. The molecule has 0 aromatic carbocycles. The normalized spacial score (nSPS) is 9.21. The number of carbonyl (C=O) groups excluding carboxylic acids is 2. The number of pyridine rings is 1. The van der Waals surface area contributed by atoms with Gasteiger partial charge in [-0.25, -0.2) is 14.6 Å². The molecular formula is C9H9NO4. The van der Waals surface area contributed by atoms with Gasteiger partial charge < -0.3 is 9.47 Å². The van der Waals surface area contributed by atoms with Crippen molar-refractivity contribution >= 4 is 12.1 Å². The lowest BCUT2D eigenvalue weighted by Gasteiger charge is -2.01. The topological polar surface area (TPSA) is 65.5 Å². The summed E-state index contributed by atoms with van der Waals surface area (Å²) in [6.07, 6.45) is 0.421. The third-order valence-corrected chi connectivity index (χ3v) is 1.31. The first kappa shape index (κ1) is 10.2. The molecular weight excluding hydrogens is 186 g/mol. The van der Waals surface area contributed by atoms with Gasteiger partial charge in [0, 0.05) is 6.20 Å². The van der Waals surface area contributed by atoms with Gasteiger partial charge in [0.2, 0.25) is 0 Å². The molecule has 74 valence electrons. The van der Waals surface area contributed by atoms with Crippen molar-refractivity contribution in [2.75, 3.05) is 6.61 Å². The van der Waals surface area contributed by atoms with Crippen molar-refractivity contribution in [3.05, 3.63) is 30.1 Å². The van der Waals surface area contributed by atoms with Gasteiger partial charge >= 0.3 is 12.1 Å². The number of hydrogen-bond donors (Lipinski definition) is 0. The van der Waals surface area contributed by atoms with Gasteiger partial charge in [0.05, 0.1) is 6.61 Å². The van der Waals surface area contributed by atoms with Crippen LogP contribution in [0.5, 0.6) is 0 Å². The summed E-state index contributed by atoms with van der Waals surface area (Å²) in [5.74, 6) is -0.816. The minimum Gasteiger partial charge on any atom is -0.434 e. The second kappa shape index (κ2) is 4.96. The number of nitrogens with zero attached hydrogens (tertiary/aromatic N) is 1. The van der Waals surface area contributed by atoms with E-state index in [4.69, 9.17) is 0 Å². The fourth-order valence-electron chi connectivity index (χ4n) is 0.759. The zero-order valence-corrected chi connectivity index (χ0v) is 7.60. The molecule has 0 aliphatic heterocycles. The first-order chi connectivity index (χ1) is 6.74. The van der Waals surface area contributed by atoms with Crippen LogP contribution in [0.1, 0.15) is 17.4 Å². The van der Waals surface area contributed by atoms with Crippen molar-refractivity contribution in [2.24, 2.45) is 0 Å². The molecule has 0 saturated heterocycles. The van der Waals surface area contributed by atoms with Crippen LogP contribution in [0.3, 0.4) is 0 Å². The Kier molecular flexibility index (Phi) is 3.60. The van der Waals surface area contributed by atoms with Crippen LogP contribution in [-0.4, -0.2) is 23.7 Å². The fourth-order valence-corrected chi connectivity index (χ4v) is 0.759. The molecule has 1 rings (SSSR count). The maximum atomic E-state index is 11.1. The minimum absolute atomic E-state index is 0.0700. The Labute approximate surface area is 80.7 Å². The largest absolute Gasteiger partial charge is 0.516 e. The summed E-state index contributed by atoms with van der Waals surface area (Å²) in [6, 6.07) is 4.72. The number of ether oxygens (including phenoxy) is 2. The summed E-state index contributed by atoms with van der Waals surface area (Å²) in [5.41, 5.74) is 0.0700. The molecule has 0 unspecified atom stereocenters. The number of carbonyl (C=O) groups is 2. The standard InChI is InChI=1S/C9H9NO4/c1-2-13-9(12)14-8(11)7-5-3-4-6-10-7/h3-6H,2H2,1H3. The minimum atomic E-state index is -1.01. The lowest BCUT2D eigenvalue weighted by Crippen LogP contribution is -2.14. The van der Waals surface area contributed by atoms with E-state index in [1.807, 2.05) is 0 Å². The predicted molar refractivity (Wildman–Crippen MR) is 46.7 cm³/mol. The Morgan fingerprint density at radius 2 is 2.21 bits per heavy atom. The second-order valence-electron chi connectivity index (χ2n) is 2.29. The van der Waals surface area contributed by atoms with Gasteiger partial charge in [-0.1, -0.05) is 6.07 Å². The maximum absolute atomic E-state index is 11.1. The maximum Gasteiger partial charge on any atom is 0.516 e. The van der Waals surface area contributed by atoms with Crippen LogP contribution in [0.4, 0.5) is 4.79 Å². The zero-order valence-electron chi connectivity index (χ0n) is 7.60. The third-order valence-electron chi connectivity index (χ3n) is 1.31. The molecule has 1 aromatic heterocycles. The molecule has 0 aliphatic carbocycles. The van der Waals surface area contributed by atoms with Crippen molar-refractivity contribution in [1.29, 1.82) is 0 Å². The van der Waals surface area contributed by atoms with E-state index in [-0.39, 0.29) is 12.3 Å². The number of esters is 1. The van der Waals surface area contributed by atoms with Crippen LogP contribution in [-0.2, 0) is 9.47 Å². The summed E-state index contributed by atoms with van der Waals surface area (Å²) in [4.78, 5) is 25.6. The molecule has 0 amide bonds. The molecule has 1 heterocycles. The molecule has 1 aromatic rings. The van der Waals surface area contributed by atoms with Crippen LogP contribution in [0, 0.1) is 0 Å². The van der Waals surface area contributed by atoms with E-state index in [1.54, 1.807) is 19.1 Å². The Balaban J connectivity index is 2.55. The van der Waals surface area contributed by atoms with E-state index in [2.05, 4.69) is 14.5 Å². The first-order valence-electron chi connectivity index (χ1n) is 4.04. The predicted octanol–water partition coefficient (Wildman–Crippen LogP) is 1.39. The van der Waals surface area contributed by atoms with Gasteiger partial charge in [-0.15, -0.1) is 0 Å². The molecule has 0 bridgehead atoms. The number of hydrogen-bond acceptors (Lipinski definition) is 5. The lowest BCUT2D eigenvalue weighted by atomic mass is 10.4. The smallest absolute Gasteiger partial charge is 0.434 e. The summed E-state index contributed by atoms with van der Waals surface area (Å²) in [7, 11) is 0. The summed E-state index contributed by atoms with van der Waals surface area (Å²) < 4.78 is 8.74. The Hall–Kier alpha value is -1.91. The van der Waals surface area contributed by atoms with E-state index >= 15 is 0 Å². The van der Waals surface area contributed by atoms with Crippen LogP contribution >= 0.6 is 0 Å². The van der Waals surface area contributed by atoms with Gasteiger partial charge in [-0.3, -0.25) is 0 Å². The fraction of sp³-hybridized carbons (Fsp3) is 0.222. The molecule has 5 heteroatoms. The number of aromatic nitrogens is 1. The molecule has 14 heavy (non-hydrogen) atoms. The molecule has 0 N–H and O–H groups in total. The van der Waals surface area contributed by atoms with Gasteiger partial charge in [0.1, 0.15) is 5.69 Å². The highest BCUT2D eigenvalue weighted by Crippen LogP contribution is 1.98. The second-order valence-corrected chi connectivity index (χ2v) is 2.29.